The van der Waals surface area contributed by atoms with Crippen molar-refractivity contribution in [2.24, 2.45) is 11.7 Å². The molecule has 0 aliphatic carbocycles. The van der Waals surface area contributed by atoms with Crippen LogP contribution in [0.3, 0.4) is 0 Å². The number of benzene rings is 1. The first-order valence-corrected chi connectivity index (χ1v) is 8.39. The molecule has 0 fully saturated rings. The van der Waals surface area contributed by atoms with E-state index in [1.165, 1.54) is 0 Å². The molecule has 2 atom stereocenters. The number of ether oxygens (including phenoxy) is 2. The maximum absolute atomic E-state index is 6.09. The van der Waals surface area contributed by atoms with Gasteiger partial charge in [-0.3, -0.25) is 0 Å². The molecule has 0 saturated heterocycles. The Morgan fingerprint density at radius 2 is 2.04 bits per heavy atom. The van der Waals surface area contributed by atoms with Crippen molar-refractivity contribution < 1.29 is 9.47 Å². The third-order valence-corrected chi connectivity index (χ3v) is 4.18. The van der Waals surface area contributed by atoms with Gasteiger partial charge in [-0.05, 0) is 43.0 Å². The van der Waals surface area contributed by atoms with E-state index in [1.54, 1.807) is 6.20 Å². The normalized spacial score (nSPS) is 17.0. The molecule has 2 heterocycles. The molecule has 1 aromatic heterocycles. The van der Waals surface area contributed by atoms with Crippen molar-refractivity contribution >= 4 is 5.82 Å². The zero-order chi connectivity index (χ0) is 17.3. The highest BCUT2D eigenvalue weighted by Crippen LogP contribution is 2.43. The first-order valence-electron chi connectivity index (χ1n) is 8.39. The predicted molar refractivity (Wildman–Crippen MR) is 96.1 cm³/mol. The fourth-order valence-electron chi connectivity index (χ4n) is 3.08. The summed E-state index contributed by atoms with van der Waals surface area (Å²) in [6, 6.07) is 7.80. The van der Waals surface area contributed by atoms with Gasteiger partial charge in [0.05, 0.1) is 0 Å². The van der Waals surface area contributed by atoms with Gasteiger partial charge in [0.2, 0.25) is 0 Å². The molecule has 1 aromatic carbocycles. The Kier molecular flexibility index (Phi) is 4.62. The molecule has 5 heteroatoms. The minimum atomic E-state index is -0.0703. The number of nitrogens with two attached hydrogens (primary N) is 2. The number of hydrogen-bond acceptors (Lipinski definition) is 5. The van der Waals surface area contributed by atoms with E-state index in [0.29, 0.717) is 18.3 Å². The smallest absolute Gasteiger partial charge is 0.131 e. The van der Waals surface area contributed by atoms with Gasteiger partial charge in [0, 0.05) is 29.4 Å². The van der Waals surface area contributed by atoms with Crippen molar-refractivity contribution in [2.75, 3.05) is 12.3 Å². The molecule has 0 bridgehead atoms. The van der Waals surface area contributed by atoms with Crippen LogP contribution in [0.4, 0.5) is 5.82 Å². The molecule has 2 aromatic rings. The second kappa shape index (κ2) is 6.69. The Bertz CT molecular complexity index is 731. The summed E-state index contributed by atoms with van der Waals surface area (Å²) < 4.78 is 11.9. The monoisotopic (exact) mass is 327 g/mol. The van der Waals surface area contributed by atoms with Crippen molar-refractivity contribution in [1.82, 2.24) is 4.98 Å². The molecule has 4 N–H and O–H groups in total. The minimum Gasteiger partial charge on any atom is -0.492 e. The number of aromatic nitrogens is 1. The predicted octanol–water partition coefficient (Wildman–Crippen LogP) is 3.54. The molecule has 128 valence electrons. The Morgan fingerprint density at radius 3 is 2.79 bits per heavy atom. The quantitative estimate of drug-likeness (QED) is 0.877. The van der Waals surface area contributed by atoms with Gasteiger partial charge in [-0.25, -0.2) is 4.98 Å². The van der Waals surface area contributed by atoms with E-state index in [2.05, 4.69) is 18.8 Å². The van der Waals surface area contributed by atoms with Gasteiger partial charge in [-0.15, -0.1) is 0 Å². The van der Waals surface area contributed by atoms with Gasteiger partial charge in [0.1, 0.15) is 30.0 Å². The number of anilines is 1. The first-order chi connectivity index (χ1) is 11.4. The lowest BCUT2D eigenvalue weighted by molar-refractivity contribution is 0.220. The summed E-state index contributed by atoms with van der Waals surface area (Å²) in [5.74, 6) is 2.64. The Labute approximate surface area is 143 Å². The van der Waals surface area contributed by atoms with Gasteiger partial charge in [-0.2, -0.15) is 0 Å². The van der Waals surface area contributed by atoms with Crippen LogP contribution >= 0.6 is 0 Å². The van der Waals surface area contributed by atoms with Gasteiger partial charge in [0.15, 0.2) is 0 Å². The zero-order valence-electron chi connectivity index (χ0n) is 14.5. The Morgan fingerprint density at radius 1 is 1.25 bits per heavy atom. The van der Waals surface area contributed by atoms with E-state index in [0.717, 1.165) is 34.6 Å². The highest BCUT2D eigenvalue weighted by atomic mass is 16.5. The number of nitrogens with zero attached hydrogens (tertiary/aromatic N) is 1. The average molecular weight is 327 g/mol. The summed E-state index contributed by atoms with van der Waals surface area (Å²) in [5.41, 5.74) is 15.1. The van der Waals surface area contributed by atoms with Crippen LogP contribution in [0.25, 0.3) is 11.1 Å². The lowest BCUT2D eigenvalue weighted by Gasteiger charge is -2.26. The lowest BCUT2D eigenvalue weighted by Crippen LogP contribution is -2.29. The van der Waals surface area contributed by atoms with Gasteiger partial charge in [0.25, 0.3) is 0 Å². The maximum Gasteiger partial charge on any atom is 0.131 e. The molecule has 3 rings (SSSR count). The van der Waals surface area contributed by atoms with Crippen molar-refractivity contribution in [3.63, 3.8) is 0 Å². The summed E-state index contributed by atoms with van der Waals surface area (Å²) >= 11 is 0. The maximum atomic E-state index is 6.09. The van der Waals surface area contributed by atoms with Gasteiger partial charge in [-0.1, -0.05) is 13.8 Å². The van der Waals surface area contributed by atoms with E-state index < -0.39 is 0 Å². The van der Waals surface area contributed by atoms with Gasteiger partial charge < -0.3 is 20.9 Å². The second-order valence-corrected chi connectivity index (χ2v) is 6.82. The van der Waals surface area contributed by atoms with E-state index in [9.17, 15) is 0 Å². The largest absolute Gasteiger partial charge is 0.492 e. The van der Waals surface area contributed by atoms with Crippen molar-refractivity contribution in [2.45, 2.75) is 39.3 Å². The molecular formula is C19H25N3O2. The molecule has 24 heavy (non-hydrogen) atoms. The van der Waals surface area contributed by atoms with Crippen molar-refractivity contribution in [3.8, 4) is 22.6 Å². The van der Waals surface area contributed by atoms with Crippen LogP contribution in [0.1, 0.15) is 38.9 Å². The van der Waals surface area contributed by atoms with Crippen LogP contribution in [0, 0.1) is 5.92 Å². The van der Waals surface area contributed by atoms with Crippen LogP contribution in [-0.2, 0) is 0 Å². The third-order valence-electron chi connectivity index (χ3n) is 4.18. The highest BCUT2D eigenvalue weighted by Gasteiger charge is 2.24. The van der Waals surface area contributed by atoms with Crippen LogP contribution < -0.4 is 20.9 Å². The molecule has 0 radical (unpaired) electrons. The number of nitrogen functional groups attached to an aromatic ring is 1. The average Bonchev–Trinajstić information content (AvgIpc) is 2.52. The molecular weight excluding hydrogens is 302 g/mol. The second-order valence-electron chi connectivity index (χ2n) is 6.82. The van der Waals surface area contributed by atoms with Gasteiger partial charge >= 0.3 is 0 Å². The summed E-state index contributed by atoms with van der Waals surface area (Å²) in [6.07, 6.45) is 2.66. The number of rotatable bonds is 5. The number of hydrogen-bond donors (Lipinski definition) is 2. The fourth-order valence-corrected chi connectivity index (χ4v) is 3.08. The zero-order valence-corrected chi connectivity index (χ0v) is 14.5. The Balaban J connectivity index is 1.81. The highest BCUT2D eigenvalue weighted by molar-refractivity contribution is 5.77. The molecule has 1 aliphatic rings. The van der Waals surface area contributed by atoms with Crippen LogP contribution in [0.15, 0.2) is 30.5 Å². The van der Waals surface area contributed by atoms with E-state index in [1.807, 2.05) is 31.2 Å². The standard InChI is InChI=1S/C19H25N3O2/c1-11(2)6-13(20)10-23-14-4-5-15-16-8-19(21)22-9-17(16)12(3)24-18(15)7-14/h4-5,7-9,11-13H,6,10,20H2,1-3H3,(H2,21,22). The molecule has 2 unspecified atom stereocenters. The summed E-state index contributed by atoms with van der Waals surface area (Å²) in [7, 11) is 0. The first kappa shape index (κ1) is 16.6. The van der Waals surface area contributed by atoms with Crippen molar-refractivity contribution in [1.29, 1.82) is 0 Å². The number of pyridine rings is 1. The minimum absolute atomic E-state index is 0.0347. The molecule has 5 nitrogen and oxygen atoms in total. The van der Waals surface area contributed by atoms with E-state index in [4.69, 9.17) is 20.9 Å². The fraction of sp³-hybridized carbons (Fsp3) is 0.421. The summed E-state index contributed by atoms with van der Waals surface area (Å²) in [5, 5.41) is 0. The van der Waals surface area contributed by atoms with Crippen LogP contribution in [0.2, 0.25) is 0 Å². The molecule has 0 spiro atoms. The topological polar surface area (TPSA) is 83.4 Å². The lowest BCUT2D eigenvalue weighted by atomic mass is 9.95. The molecule has 1 aliphatic heterocycles. The summed E-state index contributed by atoms with van der Waals surface area (Å²) in [4.78, 5) is 4.16. The third kappa shape index (κ3) is 3.46. The molecule has 0 saturated carbocycles. The molecule has 0 amide bonds. The van der Waals surface area contributed by atoms with Crippen molar-refractivity contribution in [3.05, 3.63) is 36.0 Å². The number of fused-ring (bicyclic) bond motifs is 3. The van der Waals surface area contributed by atoms with E-state index in [-0.39, 0.29) is 12.1 Å². The SMILES string of the molecule is CC(C)CC(N)COc1ccc2c(c1)OC(C)c1cnc(N)cc1-2. The van der Waals surface area contributed by atoms with Crippen LogP contribution in [0.5, 0.6) is 11.5 Å². The van der Waals surface area contributed by atoms with E-state index >= 15 is 0 Å². The Hall–Kier alpha value is -2.27. The van der Waals surface area contributed by atoms with Crippen LogP contribution in [-0.4, -0.2) is 17.6 Å². The summed E-state index contributed by atoms with van der Waals surface area (Å²) in [6.45, 7) is 6.82.